The van der Waals surface area contributed by atoms with Crippen molar-refractivity contribution >= 4 is 5.69 Å². The highest BCUT2D eigenvalue weighted by Gasteiger charge is 2.11. The summed E-state index contributed by atoms with van der Waals surface area (Å²) in [6, 6.07) is 9.65. The molecule has 1 N–H and O–H groups in total. The van der Waals surface area contributed by atoms with Gasteiger partial charge in [-0.1, -0.05) is 32.0 Å². The molecule has 1 aromatic rings. The van der Waals surface area contributed by atoms with Crippen molar-refractivity contribution in [1.29, 1.82) is 0 Å². The number of alkyl halides is 1. The van der Waals surface area contributed by atoms with E-state index in [0.717, 1.165) is 5.69 Å². The van der Waals surface area contributed by atoms with E-state index in [9.17, 15) is 4.39 Å². The number of rotatable bonds is 4. The molecule has 13 heavy (non-hydrogen) atoms. The fourth-order valence-electron chi connectivity index (χ4n) is 1.13. The zero-order valence-corrected chi connectivity index (χ0v) is 8.13. The first kappa shape index (κ1) is 10.0. The molecule has 1 aromatic carbocycles. The molecule has 0 aliphatic heterocycles. The molecule has 2 heteroatoms. The van der Waals surface area contributed by atoms with Crippen LogP contribution in [0.4, 0.5) is 10.1 Å². The van der Waals surface area contributed by atoms with Crippen molar-refractivity contribution in [3.63, 3.8) is 0 Å². The molecule has 0 fully saturated rings. The van der Waals surface area contributed by atoms with Gasteiger partial charge in [-0.05, 0) is 18.1 Å². The van der Waals surface area contributed by atoms with Gasteiger partial charge in [0.25, 0.3) is 0 Å². The summed E-state index contributed by atoms with van der Waals surface area (Å²) in [5.41, 5.74) is 0.985. The number of nitrogens with one attached hydrogen (secondary N) is 1. The quantitative estimate of drug-likeness (QED) is 0.752. The largest absolute Gasteiger partial charge is 0.379 e. The van der Waals surface area contributed by atoms with Gasteiger partial charge in [0.2, 0.25) is 0 Å². The second-order valence-electron chi connectivity index (χ2n) is 3.52. The Balaban J connectivity index is 2.57. The molecule has 0 amide bonds. The molecular formula is C11H16FN. The highest BCUT2D eigenvalue weighted by atomic mass is 19.1. The number of hydrogen-bond donors (Lipinski definition) is 1. The van der Waals surface area contributed by atoms with Crippen LogP contribution in [0.1, 0.15) is 13.8 Å². The minimum atomic E-state index is -0.327. The van der Waals surface area contributed by atoms with Crippen LogP contribution < -0.4 is 5.32 Å². The third-order valence-electron chi connectivity index (χ3n) is 2.10. The van der Waals surface area contributed by atoms with Gasteiger partial charge >= 0.3 is 0 Å². The smallest absolute Gasteiger partial charge is 0.110 e. The van der Waals surface area contributed by atoms with Gasteiger partial charge in [0.05, 0.1) is 6.04 Å². The predicted molar refractivity (Wildman–Crippen MR) is 54.7 cm³/mol. The lowest BCUT2D eigenvalue weighted by Crippen LogP contribution is -2.27. The van der Waals surface area contributed by atoms with Crippen molar-refractivity contribution in [3.8, 4) is 0 Å². The number of hydrogen-bond acceptors (Lipinski definition) is 1. The molecule has 0 aromatic heterocycles. The van der Waals surface area contributed by atoms with Gasteiger partial charge in [-0.2, -0.15) is 0 Å². The van der Waals surface area contributed by atoms with E-state index in [1.165, 1.54) is 0 Å². The Bertz CT molecular complexity index is 233. The van der Waals surface area contributed by atoms with E-state index in [4.69, 9.17) is 0 Å². The minimum Gasteiger partial charge on any atom is -0.379 e. The first-order chi connectivity index (χ1) is 6.24. The van der Waals surface area contributed by atoms with E-state index < -0.39 is 0 Å². The lowest BCUT2D eigenvalue weighted by molar-refractivity contribution is 0.384. The van der Waals surface area contributed by atoms with Gasteiger partial charge in [0.15, 0.2) is 0 Å². The lowest BCUT2D eigenvalue weighted by atomic mass is 10.1. The number of halogens is 1. The summed E-state index contributed by atoms with van der Waals surface area (Å²) in [4.78, 5) is 0. The first-order valence-electron chi connectivity index (χ1n) is 4.61. The van der Waals surface area contributed by atoms with Crippen LogP contribution in [0.25, 0.3) is 0 Å². The van der Waals surface area contributed by atoms with E-state index >= 15 is 0 Å². The van der Waals surface area contributed by atoms with Crippen molar-refractivity contribution in [2.75, 3.05) is 12.0 Å². The maximum atomic E-state index is 12.5. The predicted octanol–water partition coefficient (Wildman–Crippen LogP) is 3.09. The fourth-order valence-corrected chi connectivity index (χ4v) is 1.13. The third-order valence-corrected chi connectivity index (χ3v) is 2.10. The number of benzene rings is 1. The van der Waals surface area contributed by atoms with Gasteiger partial charge in [0, 0.05) is 5.69 Å². The van der Waals surface area contributed by atoms with Crippen molar-refractivity contribution in [1.82, 2.24) is 0 Å². The molecule has 0 aliphatic rings. The summed E-state index contributed by atoms with van der Waals surface area (Å²) in [6.45, 7) is 3.70. The van der Waals surface area contributed by atoms with Crippen LogP contribution in [-0.2, 0) is 0 Å². The Hall–Kier alpha value is -1.05. The first-order valence-corrected chi connectivity index (χ1v) is 4.61. The molecule has 0 saturated carbocycles. The number of anilines is 1. The van der Waals surface area contributed by atoms with E-state index in [2.05, 4.69) is 5.32 Å². The van der Waals surface area contributed by atoms with Gasteiger partial charge in [-0.25, -0.2) is 4.39 Å². The molecule has 0 bridgehead atoms. The Morgan fingerprint density at radius 2 is 1.85 bits per heavy atom. The molecule has 0 spiro atoms. The zero-order chi connectivity index (χ0) is 9.68. The molecule has 72 valence electrons. The van der Waals surface area contributed by atoms with Crippen LogP contribution in [0.5, 0.6) is 0 Å². The highest BCUT2D eigenvalue weighted by Crippen LogP contribution is 2.12. The molecule has 0 heterocycles. The fraction of sp³-hybridized carbons (Fsp3) is 0.455. The van der Waals surface area contributed by atoms with E-state index in [0.29, 0.717) is 5.92 Å². The van der Waals surface area contributed by atoms with Crippen LogP contribution >= 0.6 is 0 Å². The van der Waals surface area contributed by atoms with Crippen LogP contribution in [0.2, 0.25) is 0 Å². The Morgan fingerprint density at radius 3 is 2.31 bits per heavy atom. The zero-order valence-electron chi connectivity index (χ0n) is 8.13. The van der Waals surface area contributed by atoms with Crippen LogP contribution in [-0.4, -0.2) is 12.7 Å². The Kier molecular flexibility index (Phi) is 3.74. The number of para-hydroxylation sites is 1. The van der Waals surface area contributed by atoms with E-state index in [1.54, 1.807) is 0 Å². The summed E-state index contributed by atoms with van der Waals surface area (Å²) in [7, 11) is 0. The highest BCUT2D eigenvalue weighted by molar-refractivity contribution is 5.43. The maximum absolute atomic E-state index is 12.5. The van der Waals surface area contributed by atoms with Crippen LogP contribution in [0, 0.1) is 5.92 Å². The van der Waals surface area contributed by atoms with Gasteiger partial charge < -0.3 is 5.32 Å². The van der Waals surface area contributed by atoms with Crippen molar-refractivity contribution in [2.45, 2.75) is 19.9 Å². The standard InChI is InChI=1S/C11H16FN/c1-9(2)11(8-12)13-10-6-4-3-5-7-10/h3-7,9,11,13H,8H2,1-2H3. The average Bonchev–Trinajstić information content (AvgIpc) is 2.15. The maximum Gasteiger partial charge on any atom is 0.110 e. The summed E-state index contributed by atoms with van der Waals surface area (Å²) in [5.74, 6) is 0.310. The minimum absolute atomic E-state index is 0.0811. The topological polar surface area (TPSA) is 12.0 Å². The van der Waals surface area contributed by atoms with E-state index in [-0.39, 0.29) is 12.7 Å². The van der Waals surface area contributed by atoms with E-state index in [1.807, 2.05) is 44.2 Å². The Morgan fingerprint density at radius 1 is 1.23 bits per heavy atom. The average molecular weight is 181 g/mol. The molecule has 1 nitrogen and oxygen atoms in total. The van der Waals surface area contributed by atoms with Crippen molar-refractivity contribution in [3.05, 3.63) is 30.3 Å². The molecule has 1 atom stereocenters. The molecule has 0 saturated heterocycles. The molecule has 1 rings (SSSR count). The molecule has 1 unspecified atom stereocenters. The molecular weight excluding hydrogens is 165 g/mol. The third kappa shape index (κ3) is 3.05. The normalized spacial score (nSPS) is 12.9. The lowest BCUT2D eigenvalue weighted by Gasteiger charge is -2.20. The summed E-state index contributed by atoms with van der Waals surface area (Å²) >= 11 is 0. The second kappa shape index (κ2) is 4.85. The summed E-state index contributed by atoms with van der Waals surface area (Å²) < 4.78 is 12.5. The van der Waals surface area contributed by atoms with Gasteiger partial charge in [-0.15, -0.1) is 0 Å². The molecule has 0 radical (unpaired) electrons. The Labute approximate surface area is 79.0 Å². The SMILES string of the molecule is CC(C)C(CF)Nc1ccccc1. The van der Waals surface area contributed by atoms with Gasteiger partial charge in [0.1, 0.15) is 6.67 Å². The van der Waals surface area contributed by atoms with Crippen LogP contribution in [0.15, 0.2) is 30.3 Å². The monoisotopic (exact) mass is 181 g/mol. The van der Waals surface area contributed by atoms with Crippen LogP contribution in [0.3, 0.4) is 0 Å². The second-order valence-corrected chi connectivity index (χ2v) is 3.52. The summed E-state index contributed by atoms with van der Waals surface area (Å²) in [6.07, 6.45) is 0. The van der Waals surface area contributed by atoms with Gasteiger partial charge in [-0.3, -0.25) is 0 Å². The van der Waals surface area contributed by atoms with Crippen molar-refractivity contribution < 1.29 is 4.39 Å². The summed E-state index contributed by atoms with van der Waals surface area (Å²) in [5, 5.41) is 3.15. The molecule has 0 aliphatic carbocycles. The van der Waals surface area contributed by atoms with Crippen molar-refractivity contribution in [2.24, 2.45) is 5.92 Å².